The molecule has 1 aromatic heterocycles. The van der Waals surface area contributed by atoms with Crippen molar-refractivity contribution in [2.24, 2.45) is 10.8 Å². The van der Waals surface area contributed by atoms with Crippen LogP contribution in [0.15, 0.2) is 22.8 Å². The average Bonchev–Trinajstić information content (AvgIpc) is 3.28. The second-order valence-corrected chi connectivity index (χ2v) is 8.02. The summed E-state index contributed by atoms with van der Waals surface area (Å²) in [5.41, 5.74) is 0.166. The zero-order chi connectivity index (χ0) is 15.4. The van der Waals surface area contributed by atoms with E-state index in [1.807, 2.05) is 12.1 Å². The van der Waals surface area contributed by atoms with Crippen LogP contribution >= 0.6 is 15.9 Å². The number of hydrogen-bond donors (Lipinski definition) is 1. The molecule has 6 heteroatoms. The minimum absolute atomic E-state index is 0.0969. The van der Waals surface area contributed by atoms with Gasteiger partial charge < -0.3 is 15.1 Å². The first-order chi connectivity index (χ1) is 10.5. The number of pyridine rings is 1. The number of likely N-dealkylation sites (N-methyl/N-ethyl adjacent to an activating group) is 1. The Morgan fingerprint density at radius 3 is 2.77 bits per heavy atom. The van der Waals surface area contributed by atoms with E-state index >= 15 is 0 Å². The van der Waals surface area contributed by atoms with Gasteiger partial charge in [0.15, 0.2) is 0 Å². The molecule has 0 unspecified atom stereocenters. The highest BCUT2D eigenvalue weighted by Crippen LogP contribution is 2.86. The number of anilines is 1. The van der Waals surface area contributed by atoms with Crippen molar-refractivity contribution in [3.8, 4) is 0 Å². The molecule has 3 fully saturated rings. The van der Waals surface area contributed by atoms with Crippen LogP contribution in [-0.4, -0.2) is 60.5 Å². The van der Waals surface area contributed by atoms with Crippen molar-refractivity contribution in [1.29, 1.82) is 0 Å². The molecule has 2 heterocycles. The standard InChI is InChI=1S/C16H21BrN4O/c1-20-4-6-21(7-5-20)11-15-9-16(15,10-15)14(22)19-13-8-12(17)2-3-18-13/h2-3,8H,4-7,9-11H2,1H3,(H,18,19,22). The van der Waals surface area contributed by atoms with E-state index in [4.69, 9.17) is 0 Å². The molecule has 0 aromatic carbocycles. The van der Waals surface area contributed by atoms with Gasteiger partial charge in [-0.3, -0.25) is 4.79 Å². The van der Waals surface area contributed by atoms with Gasteiger partial charge in [0.2, 0.25) is 5.91 Å². The Bertz CT molecular complexity index is 606. The van der Waals surface area contributed by atoms with Crippen molar-refractivity contribution in [3.63, 3.8) is 0 Å². The van der Waals surface area contributed by atoms with Crippen LogP contribution in [-0.2, 0) is 4.79 Å². The molecule has 1 N–H and O–H groups in total. The molecule has 2 aliphatic carbocycles. The maximum Gasteiger partial charge on any atom is 0.232 e. The Balaban J connectivity index is 1.35. The Morgan fingerprint density at radius 2 is 2.09 bits per heavy atom. The lowest BCUT2D eigenvalue weighted by Gasteiger charge is -2.33. The van der Waals surface area contributed by atoms with Crippen LogP contribution in [0.2, 0.25) is 0 Å². The first-order valence-corrected chi connectivity index (χ1v) is 8.66. The molecule has 1 aliphatic heterocycles. The average molecular weight is 365 g/mol. The molecule has 2 saturated carbocycles. The first-order valence-electron chi connectivity index (χ1n) is 7.87. The van der Waals surface area contributed by atoms with E-state index in [2.05, 4.69) is 43.1 Å². The first kappa shape index (κ1) is 14.6. The lowest BCUT2D eigenvalue weighted by Crippen LogP contribution is -2.45. The molecular weight excluding hydrogens is 344 g/mol. The van der Waals surface area contributed by atoms with E-state index in [9.17, 15) is 4.79 Å². The number of fused-ring (bicyclic) bond motifs is 1. The van der Waals surface area contributed by atoms with E-state index in [1.54, 1.807) is 6.20 Å². The fourth-order valence-corrected chi connectivity index (χ4v) is 4.16. The summed E-state index contributed by atoms with van der Waals surface area (Å²) < 4.78 is 0.936. The van der Waals surface area contributed by atoms with Crippen molar-refractivity contribution in [2.45, 2.75) is 12.8 Å². The highest BCUT2D eigenvalue weighted by atomic mass is 79.9. The fourth-order valence-electron chi connectivity index (χ4n) is 3.82. The van der Waals surface area contributed by atoms with E-state index in [1.165, 1.54) is 0 Å². The SMILES string of the molecule is CN1CCN(CC23CC2(C(=O)Nc2cc(Br)ccn2)C3)CC1. The molecule has 1 saturated heterocycles. The largest absolute Gasteiger partial charge is 0.310 e. The predicted molar refractivity (Wildman–Crippen MR) is 88.6 cm³/mol. The fraction of sp³-hybridized carbons (Fsp3) is 0.625. The quantitative estimate of drug-likeness (QED) is 0.884. The van der Waals surface area contributed by atoms with E-state index in [0.29, 0.717) is 5.82 Å². The van der Waals surface area contributed by atoms with Gasteiger partial charge in [-0.15, -0.1) is 0 Å². The molecule has 4 rings (SSSR count). The number of nitrogens with zero attached hydrogens (tertiary/aromatic N) is 3. The molecule has 0 atom stereocenters. The summed E-state index contributed by atoms with van der Waals surface area (Å²) in [6, 6.07) is 3.71. The van der Waals surface area contributed by atoms with Gasteiger partial charge in [0.05, 0.1) is 5.41 Å². The molecule has 22 heavy (non-hydrogen) atoms. The summed E-state index contributed by atoms with van der Waals surface area (Å²) in [6.45, 7) is 5.61. The van der Waals surface area contributed by atoms with Gasteiger partial charge in [0, 0.05) is 43.4 Å². The molecule has 0 bridgehead atoms. The monoisotopic (exact) mass is 364 g/mol. The Morgan fingerprint density at radius 1 is 1.36 bits per heavy atom. The third-order valence-corrected chi connectivity index (χ3v) is 6.06. The smallest absolute Gasteiger partial charge is 0.232 e. The topological polar surface area (TPSA) is 48.5 Å². The Labute approximate surface area is 139 Å². The number of carbonyl (C=O) groups is 1. The van der Waals surface area contributed by atoms with Gasteiger partial charge in [-0.1, -0.05) is 15.9 Å². The van der Waals surface area contributed by atoms with Crippen molar-refractivity contribution in [1.82, 2.24) is 14.8 Å². The number of rotatable bonds is 4. The Hall–Kier alpha value is -0.980. The number of amides is 1. The van der Waals surface area contributed by atoms with Crippen LogP contribution in [0.5, 0.6) is 0 Å². The van der Waals surface area contributed by atoms with Crippen molar-refractivity contribution >= 4 is 27.7 Å². The number of carbonyl (C=O) groups excluding carboxylic acids is 1. The van der Waals surface area contributed by atoms with Crippen molar-refractivity contribution < 1.29 is 4.79 Å². The minimum Gasteiger partial charge on any atom is -0.310 e. The summed E-state index contributed by atoms with van der Waals surface area (Å²) >= 11 is 3.41. The normalized spacial score (nSPS) is 34.1. The zero-order valence-corrected chi connectivity index (χ0v) is 14.4. The van der Waals surface area contributed by atoms with E-state index in [0.717, 1.165) is 50.0 Å². The van der Waals surface area contributed by atoms with Crippen LogP contribution in [0.25, 0.3) is 0 Å². The summed E-state index contributed by atoms with van der Waals surface area (Å²) in [6.07, 6.45) is 3.80. The van der Waals surface area contributed by atoms with Crippen LogP contribution in [0.1, 0.15) is 12.8 Å². The number of halogens is 1. The summed E-state index contributed by atoms with van der Waals surface area (Å²) in [5, 5.41) is 2.99. The van der Waals surface area contributed by atoms with Crippen LogP contribution in [0, 0.1) is 10.8 Å². The third-order valence-electron chi connectivity index (χ3n) is 5.57. The number of aromatic nitrogens is 1. The third kappa shape index (κ3) is 2.37. The molecule has 1 aromatic rings. The molecular formula is C16H21BrN4O. The van der Waals surface area contributed by atoms with Crippen molar-refractivity contribution in [2.75, 3.05) is 45.1 Å². The zero-order valence-electron chi connectivity index (χ0n) is 12.8. The lowest BCUT2D eigenvalue weighted by atomic mass is 10.1. The molecule has 118 valence electrons. The summed E-state index contributed by atoms with van der Waals surface area (Å²) in [5.74, 6) is 0.799. The van der Waals surface area contributed by atoms with Gasteiger partial charge in [0.25, 0.3) is 0 Å². The van der Waals surface area contributed by atoms with Gasteiger partial charge in [0.1, 0.15) is 5.82 Å². The molecule has 3 aliphatic rings. The predicted octanol–water partition coefficient (Wildman–Crippen LogP) is 1.81. The second-order valence-electron chi connectivity index (χ2n) is 7.11. The summed E-state index contributed by atoms with van der Waals surface area (Å²) in [4.78, 5) is 21.7. The van der Waals surface area contributed by atoms with Crippen LogP contribution in [0.3, 0.4) is 0 Å². The van der Waals surface area contributed by atoms with Gasteiger partial charge >= 0.3 is 0 Å². The minimum atomic E-state index is -0.0969. The maximum atomic E-state index is 12.6. The van der Waals surface area contributed by atoms with Gasteiger partial charge in [-0.05, 0) is 37.4 Å². The molecule has 5 nitrogen and oxygen atoms in total. The number of nitrogens with one attached hydrogen (secondary N) is 1. The van der Waals surface area contributed by atoms with Gasteiger partial charge in [-0.2, -0.15) is 0 Å². The number of hydrogen-bond acceptors (Lipinski definition) is 4. The van der Waals surface area contributed by atoms with Crippen LogP contribution in [0.4, 0.5) is 5.82 Å². The second kappa shape index (κ2) is 5.01. The van der Waals surface area contributed by atoms with Gasteiger partial charge in [-0.25, -0.2) is 4.98 Å². The molecule has 1 amide bonds. The van der Waals surface area contributed by atoms with E-state index in [-0.39, 0.29) is 16.7 Å². The maximum absolute atomic E-state index is 12.6. The van der Waals surface area contributed by atoms with Crippen LogP contribution < -0.4 is 5.32 Å². The Kier molecular flexibility index (Phi) is 3.33. The summed E-state index contributed by atoms with van der Waals surface area (Å²) in [7, 11) is 2.17. The lowest BCUT2D eigenvalue weighted by molar-refractivity contribution is -0.119. The van der Waals surface area contributed by atoms with E-state index < -0.39 is 0 Å². The highest BCUT2D eigenvalue weighted by molar-refractivity contribution is 9.10. The molecule has 0 radical (unpaired) electrons. The molecule has 0 spiro atoms. The highest BCUT2D eigenvalue weighted by Gasteiger charge is 2.86. The number of piperazine rings is 1. The van der Waals surface area contributed by atoms with Crippen molar-refractivity contribution in [3.05, 3.63) is 22.8 Å².